The first-order chi connectivity index (χ1) is 7.07. The maximum absolute atomic E-state index is 12.6. The van der Waals surface area contributed by atoms with Crippen LogP contribution < -0.4 is 0 Å². The van der Waals surface area contributed by atoms with Gasteiger partial charge in [-0.05, 0) is 29.5 Å². The van der Waals surface area contributed by atoms with Crippen molar-refractivity contribution in [2.24, 2.45) is 0 Å². The molecule has 1 rings (SSSR count). The zero-order chi connectivity index (χ0) is 11.4. The summed E-state index contributed by atoms with van der Waals surface area (Å²) in [7, 11) is 0. The molecule has 82 valence electrons. The molecule has 0 aliphatic rings. The molecule has 0 bridgehead atoms. The Bertz CT molecular complexity index is 371. The maximum Gasteiger partial charge on any atom is 0.339 e. The van der Waals surface area contributed by atoms with E-state index >= 15 is 0 Å². The van der Waals surface area contributed by atoms with Crippen LogP contribution in [-0.4, -0.2) is 17.6 Å². The van der Waals surface area contributed by atoms with Crippen LogP contribution in [-0.2, 0) is 4.74 Å². The molecule has 0 saturated carbocycles. The van der Waals surface area contributed by atoms with Crippen LogP contribution in [0.4, 0.5) is 8.78 Å². The average molecular weight is 327 g/mol. The van der Waals surface area contributed by atoms with E-state index in [1.165, 1.54) is 6.20 Å². The van der Waals surface area contributed by atoms with Gasteiger partial charge in [0.05, 0.1) is 17.7 Å². The van der Waals surface area contributed by atoms with E-state index in [4.69, 9.17) is 4.74 Å². The normalized spacial score (nSPS) is 10.5. The van der Waals surface area contributed by atoms with E-state index in [2.05, 4.69) is 4.98 Å². The van der Waals surface area contributed by atoms with Gasteiger partial charge in [0.2, 0.25) is 0 Å². The summed E-state index contributed by atoms with van der Waals surface area (Å²) in [6.45, 7) is 1.77. The summed E-state index contributed by atoms with van der Waals surface area (Å²) in [6, 6.07) is 0. The standard InChI is InChI=1S/C9H8F2INO2/c1-2-15-9(14)7-5(8(10)11)3-13-4-6(7)12/h3-4,8H,2H2,1H3. The lowest BCUT2D eigenvalue weighted by Gasteiger charge is -2.08. The molecule has 0 unspecified atom stereocenters. The van der Waals surface area contributed by atoms with Crippen LogP contribution >= 0.6 is 22.6 Å². The minimum absolute atomic E-state index is 0.0950. The highest BCUT2D eigenvalue weighted by atomic mass is 127. The van der Waals surface area contributed by atoms with Crippen LogP contribution in [0.3, 0.4) is 0 Å². The van der Waals surface area contributed by atoms with E-state index in [1.54, 1.807) is 29.5 Å². The van der Waals surface area contributed by atoms with Gasteiger partial charge in [0.25, 0.3) is 6.43 Å². The number of alkyl halides is 2. The number of pyridine rings is 1. The second kappa shape index (κ2) is 5.34. The molecule has 6 heteroatoms. The fraction of sp³-hybridized carbons (Fsp3) is 0.333. The first-order valence-electron chi connectivity index (χ1n) is 4.16. The quantitative estimate of drug-likeness (QED) is 0.633. The van der Waals surface area contributed by atoms with Gasteiger partial charge < -0.3 is 4.74 Å². The highest BCUT2D eigenvalue weighted by Gasteiger charge is 2.22. The molecule has 0 radical (unpaired) electrons. The van der Waals surface area contributed by atoms with Gasteiger partial charge in [-0.2, -0.15) is 0 Å². The molecule has 1 aromatic rings. The van der Waals surface area contributed by atoms with E-state index in [0.29, 0.717) is 3.57 Å². The maximum atomic E-state index is 12.6. The van der Waals surface area contributed by atoms with Crippen LogP contribution in [0.15, 0.2) is 12.4 Å². The van der Waals surface area contributed by atoms with Gasteiger partial charge in [0.15, 0.2) is 0 Å². The first-order valence-corrected chi connectivity index (χ1v) is 5.24. The van der Waals surface area contributed by atoms with Crippen molar-refractivity contribution in [1.82, 2.24) is 4.98 Å². The first kappa shape index (κ1) is 12.3. The van der Waals surface area contributed by atoms with E-state index in [-0.39, 0.29) is 17.7 Å². The lowest BCUT2D eigenvalue weighted by Crippen LogP contribution is -2.11. The number of esters is 1. The van der Waals surface area contributed by atoms with Crippen molar-refractivity contribution in [3.05, 3.63) is 27.1 Å². The van der Waals surface area contributed by atoms with E-state index in [9.17, 15) is 13.6 Å². The minimum Gasteiger partial charge on any atom is -0.462 e. The minimum atomic E-state index is -2.73. The Morgan fingerprint density at radius 1 is 1.60 bits per heavy atom. The van der Waals surface area contributed by atoms with E-state index < -0.39 is 12.4 Å². The Morgan fingerprint density at radius 3 is 2.80 bits per heavy atom. The van der Waals surface area contributed by atoms with Crippen molar-refractivity contribution in [3.63, 3.8) is 0 Å². The van der Waals surface area contributed by atoms with Crippen molar-refractivity contribution in [2.75, 3.05) is 6.61 Å². The molecule has 0 aromatic carbocycles. The molecule has 15 heavy (non-hydrogen) atoms. The van der Waals surface area contributed by atoms with Gasteiger partial charge in [0.1, 0.15) is 0 Å². The summed E-state index contributed by atoms with van der Waals surface area (Å²) in [5.41, 5.74) is -0.484. The molecule has 0 fully saturated rings. The third kappa shape index (κ3) is 2.83. The number of ether oxygens (including phenoxy) is 1. The number of rotatable bonds is 3. The summed E-state index contributed by atoms with van der Waals surface area (Å²) >= 11 is 1.78. The van der Waals surface area contributed by atoms with E-state index in [0.717, 1.165) is 6.20 Å². The van der Waals surface area contributed by atoms with Crippen LogP contribution in [0.5, 0.6) is 0 Å². The molecule has 0 aliphatic heterocycles. The van der Waals surface area contributed by atoms with Gasteiger partial charge in [-0.1, -0.05) is 0 Å². The van der Waals surface area contributed by atoms with Crippen molar-refractivity contribution in [3.8, 4) is 0 Å². The van der Waals surface area contributed by atoms with Gasteiger partial charge in [-0.3, -0.25) is 4.98 Å². The number of halogens is 3. The largest absolute Gasteiger partial charge is 0.462 e. The van der Waals surface area contributed by atoms with Crippen LogP contribution in [0.2, 0.25) is 0 Å². The third-order valence-corrected chi connectivity index (χ3v) is 2.46. The van der Waals surface area contributed by atoms with Gasteiger partial charge in [-0.25, -0.2) is 13.6 Å². The molecule has 0 N–H and O–H groups in total. The zero-order valence-corrected chi connectivity index (χ0v) is 9.99. The van der Waals surface area contributed by atoms with Gasteiger partial charge >= 0.3 is 5.97 Å². The van der Waals surface area contributed by atoms with Crippen molar-refractivity contribution >= 4 is 28.6 Å². The lowest BCUT2D eigenvalue weighted by atomic mass is 10.1. The fourth-order valence-electron chi connectivity index (χ4n) is 1.03. The number of carbonyl (C=O) groups excluding carboxylic acids is 1. The van der Waals surface area contributed by atoms with Crippen LogP contribution in [0.1, 0.15) is 29.3 Å². The average Bonchev–Trinajstić information content (AvgIpc) is 2.17. The Labute approximate surface area is 99.0 Å². The monoisotopic (exact) mass is 327 g/mol. The predicted octanol–water partition coefficient (Wildman–Crippen LogP) is 2.80. The van der Waals surface area contributed by atoms with Crippen molar-refractivity contribution < 1.29 is 18.3 Å². The molecule has 3 nitrogen and oxygen atoms in total. The SMILES string of the molecule is CCOC(=O)c1c(I)cncc1C(F)F. The van der Waals surface area contributed by atoms with Gasteiger partial charge in [-0.15, -0.1) is 0 Å². The van der Waals surface area contributed by atoms with Crippen LogP contribution in [0.25, 0.3) is 0 Å². The molecule has 0 aliphatic carbocycles. The molecule has 0 atom stereocenters. The van der Waals surface area contributed by atoms with Crippen LogP contribution in [0, 0.1) is 3.57 Å². The zero-order valence-electron chi connectivity index (χ0n) is 7.84. The Balaban J connectivity index is 3.18. The summed E-state index contributed by atoms with van der Waals surface area (Å²) in [6.07, 6.45) is -0.399. The topological polar surface area (TPSA) is 39.2 Å². The molecular weight excluding hydrogens is 319 g/mol. The van der Waals surface area contributed by atoms with Crippen molar-refractivity contribution in [1.29, 1.82) is 0 Å². The number of nitrogens with zero attached hydrogens (tertiary/aromatic N) is 1. The number of hydrogen-bond donors (Lipinski definition) is 0. The summed E-state index contributed by atoms with van der Waals surface area (Å²) in [4.78, 5) is 15.0. The smallest absolute Gasteiger partial charge is 0.339 e. The number of carbonyl (C=O) groups is 1. The molecule has 0 amide bonds. The lowest BCUT2D eigenvalue weighted by molar-refractivity contribution is 0.0513. The number of aromatic nitrogens is 1. The highest BCUT2D eigenvalue weighted by Crippen LogP contribution is 2.25. The Morgan fingerprint density at radius 2 is 2.27 bits per heavy atom. The molecular formula is C9H8F2INO2. The predicted molar refractivity (Wildman–Crippen MR) is 57.9 cm³/mol. The summed E-state index contributed by atoms with van der Waals surface area (Å²) < 4.78 is 30.2. The fourth-order valence-corrected chi connectivity index (χ4v) is 1.73. The molecule has 0 spiro atoms. The second-order valence-corrected chi connectivity index (χ2v) is 3.77. The summed E-state index contributed by atoms with van der Waals surface area (Å²) in [5, 5.41) is 0. The van der Waals surface area contributed by atoms with Gasteiger partial charge in [0, 0.05) is 16.0 Å². The second-order valence-electron chi connectivity index (χ2n) is 2.61. The molecule has 1 heterocycles. The van der Waals surface area contributed by atoms with Crippen molar-refractivity contribution in [2.45, 2.75) is 13.3 Å². The Kier molecular flexibility index (Phi) is 4.37. The molecule has 0 saturated heterocycles. The Hall–Kier alpha value is -0.790. The highest BCUT2D eigenvalue weighted by molar-refractivity contribution is 14.1. The number of hydrogen-bond acceptors (Lipinski definition) is 3. The molecule has 1 aromatic heterocycles. The summed E-state index contributed by atoms with van der Waals surface area (Å²) in [5.74, 6) is -0.736. The van der Waals surface area contributed by atoms with E-state index in [1.807, 2.05) is 0 Å². The third-order valence-electron chi connectivity index (χ3n) is 1.64.